The van der Waals surface area contributed by atoms with Crippen LogP contribution in [0.3, 0.4) is 0 Å². The van der Waals surface area contributed by atoms with Gasteiger partial charge >= 0.3 is 29.6 Å². The van der Waals surface area contributed by atoms with Gasteiger partial charge < -0.3 is 20.4 Å². The van der Waals surface area contributed by atoms with Gasteiger partial charge in [-0.1, -0.05) is 5.16 Å². The van der Waals surface area contributed by atoms with Crippen LogP contribution in [0.15, 0.2) is 10.5 Å². The maximum Gasteiger partial charge on any atom is 1.00 e. The van der Waals surface area contributed by atoms with Gasteiger partial charge in [0, 0.05) is 5.38 Å². The molecule has 1 aliphatic heterocycles. The quantitative estimate of drug-likeness (QED) is 0.167. The number of amides is 2. The third-order valence-electron chi connectivity index (χ3n) is 3.03. The molecule has 0 unspecified atom stereocenters. The molecule has 0 aromatic carbocycles. The number of hydrogen-bond donors (Lipinski definition) is 2. The molecular formula is C10H12N5NaO6S2. The molecular weight excluding hydrogens is 373 g/mol. The van der Waals surface area contributed by atoms with Crippen LogP contribution in [0.25, 0.3) is 0 Å². The Morgan fingerprint density at radius 3 is 2.62 bits per heavy atom. The van der Waals surface area contributed by atoms with Crippen LogP contribution in [0.1, 0.15) is 12.6 Å². The van der Waals surface area contributed by atoms with E-state index in [0.717, 1.165) is 11.3 Å². The minimum Gasteiger partial charge on any atom is -0.731 e. The topological polar surface area (TPSA) is 167 Å². The Bertz CT molecular complexity index is 778. The van der Waals surface area contributed by atoms with Crippen molar-refractivity contribution in [2.75, 3.05) is 12.8 Å². The Hall–Kier alpha value is -1.25. The van der Waals surface area contributed by atoms with E-state index in [4.69, 9.17) is 5.73 Å². The summed E-state index contributed by atoms with van der Waals surface area (Å²) in [4.78, 5) is 32.3. The normalized spacial score (nSPS) is 20.9. The number of nitrogen functional groups attached to an aromatic ring is 1. The Morgan fingerprint density at radius 2 is 2.21 bits per heavy atom. The van der Waals surface area contributed by atoms with E-state index in [1.807, 2.05) is 0 Å². The van der Waals surface area contributed by atoms with Crippen molar-refractivity contribution in [1.82, 2.24) is 14.6 Å². The monoisotopic (exact) mass is 385 g/mol. The number of carbonyl (C=O) groups is 2. The first-order chi connectivity index (χ1) is 10.7. The molecule has 1 aromatic heterocycles. The third kappa shape index (κ3) is 4.04. The average Bonchev–Trinajstić information content (AvgIpc) is 2.86. The van der Waals surface area contributed by atoms with Crippen molar-refractivity contribution in [3.8, 4) is 0 Å². The first-order valence-corrected chi connectivity index (χ1v) is 8.33. The molecule has 11 nitrogen and oxygen atoms in total. The SMILES string of the molecule is CON=C(C(=O)N[C@H]1C(=O)N(S(=O)(=O)[O-])[C@H]1C)c1csc(N)n1.[Na+]. The van der Waals surface area contributed by atoms with Crippen LogP contribution in [0.4, 0.5) is 5.13 Å². The van der Waals surface area contributed by atoms with Gasteiger partial charge in [-0.15, -0.1) is 11.3 Å². The zero-order chi connectivity index (χ0) is 17.4. The summed E-state index contributed by atoms with van der Waals surface area (Å²) in [6, 6.07) is -2.16. The van der Waals surface area contributed by atoms with Gasteiger partial charge in [-0.2, -0.15) is 0 Å². The molecule has 126 valence electrons. The number of nitrogens with zero attached hydrogens (tertiary/aromatic N) is 3. The number of aromatic nitrogens is 1. The van der Waals surface area contributed by atoms with Crippen LogP contribution in [0.5, 0.6) is 0 Å². The van der Waals surface area contributed by atoms with E-state index < -0.39 is 34.2 Å². The summed E-state index contributed by atoms with van der Waals surface area (Å²) in [5.41, 5.74) is 5.39. The summed E-state index contributed by atoms with van der Waals surface area (Å²) in [6.07, 6.45) is 0. The van der Waals surface area contributed by atoms with Crippen LogP contribution in [0.2, 0.25) is 0 Å². The van der Waals surface area contributed by atoms with Gasteiger partial charge in [-0.05, 0) is 6.92 Å². The zero-order valence-electron chi connectivity index (χ0n) is 12.9. The number of nitrogens with two attached hydrogens (primary N) is 1. The fourth-order valence-electron chi connectivity index (χ4n) is 2.00. The Kier molecular flexibility index (Phi) is 6.72. The number of oxime groups is 1. The number of β-lactam (4-membered cyclic amide) rings is 1. The molecule has 24 heavy (non-hydrogen) atoms. The molecule has 2 rings (SSSR count). The van der Waals surface area contributed by atoms with Crippen LogP contribution >= 0.6 is 11.3 Å². The summed E-state index contributed by atoms with van der Waals surface area (Å²) in [5, 5.41) is 7.48. The molecule has 3 N–H and O–H groups in total. The number of hydrogen-bond acceptors (Lipinski definition) is 10. The smallest absolute Gasteiger partial charge is 0.731 e. The van der Waals surface area contributed by atoms with E-state index in [9.17, 15) is 22.6 Å². The van der Waals surface area contributed by atoms with Gasteiger partial charge in [0.05, 0.1) is 6.04 Å². The Balaban J connectivity index is 0.00000288. The van der Waals surface area contributed by atoms with Crippen molar-refractivity contribution in [3.05, 3.63) is 11.1 Å². The Morgan fingerprint density at radius 1 is 1.58 bits per heavy atom. The predicted octanol–water partition coefficient (Wildman–Crippen LogP) is -4.74. The number of carbonyl (C=O) groups excluding carboxylic acids is 2. The van der Waals surface area contributed by atoms with E-state index in [1.54, 1.807) is 0 Å². The summed E-state index contributed by atoms with van der Waals surface area (Å²) in [6.45, 7) is 1.32. The number of nitrogens with one attached hydrogen (secondary N) is 1. The molecule has 2 heterocycles. The molecule has 1 aliphatic rings. The van der Waals surface area contributed by atoms with Gasteiger partial charge in [-0.3, -0.25) is 9.59 Å². The molecule has 0 radical (unpaired) electrons. The summed E-state index contributed by atoms with van der Waals surface area (Å²) >= 11 is 1.07. The average molecular weight is 385 g/mol. The summed E-state index contributed by atoms with van der Waals surface area (Å²) in [5.74, 6) is -1.83. The van der Waals surface area contributed by atoms with Gasteiger partial charge in [-0.25, -0.2) is 17.7 Å². The van der Waals surface area contributed by atoms with E-state index in [-0.39, 0.29) is 50.4 Å². The maximum absolute atomic E-state index is 12.2. The molecule has 1 aromatic rings. The van der Waals surface area contributed by atoms with Crippen LogP contribution in [-0.2, 0) is 24.7 Å². The van der Waals surface area contributed by atoms with Crippen molar-refractivity contribution in [2.24, 2.45) is 5.16 Å². The van der Waals surface area contributed by atoms with Crippen LogP contribution < -0.4 is 40.6 Å². The van der Waals surface area contributed by atoms with E-state index >= 15 is 0 Å². The van der Waals surface area contributed by atoms with E-state index in [0.29, 0.717) is 0 Å². The molecule has 0 bridgehead atoms. The predicted molar refractivity (Wildman–Crippen MR) is 78.0 cm³/mol. The van der Waals surface area contributed by atoms with Crippen molar-refractivity contribution >= 4 is 44.3 Å². The third-order valence-corrected chi connectivity index (χ3v) is 4.69. The second-order valence-electron chi connectivity index (χ2n) is 4.48. The fourth-order valence-corrected chi connectivity index (χ4v) is 3.41. The summed E-state index contributed by atoms with van der Waals surface area (Å²) < 4.78 is 32.8. The van der Waals surface area contributed by atoms with E-state index in [1.165, 1.54) is 19.4 Å². The number of anilines is 1. The molecule has 1 saturated heterocycles. The van der Waals surface area contributed by atoms with Gasteiger partial charge in [0.1, 0.15) is 18.8 Å². The zero-order valence-corrected chi connectivity index (χ0v) is 16.6. The Labute approximate surface area is 163 Å². The fraction of sp³-hybridized carbons (Fsp3) is 0.400. The second kappa shape index (κ2) is 7.76. The van der Waals surface area contributed by atoms with Crippen molar-refractivity contribution in [2.45, 2.75) is 19.0 Å². The molecule has 2 atom stereocenters. The van der Waals surface area contributed by atoms with E-state index in [2.05, 4.69) is 20.3 Å². The minimum absolute atomic E-state index is 0. The molecule has 2 amide bonds. The first kappa shape index (κ1) is 20.8. The van der Waals surface area contributed by atoms with Crippen molar-refractivity contribution in [3.63, 3.8) is 0 Å². The standard InChI is InChI=1S/C10H13N5O6S2.Na/c1-4-6(9(17)15(4)23(18,19)20)13-8(16)7(14-21-2)5-3-22-10(11)12-5;/h3-4,6H,1-2H3,(H2,11,12)(H,13,16)(H,18,19,20);/q;+1/p-1/t4-,6+;/m0./s1. The largest absolute Gasteiger partial charge is 1.00 e. The molecule has 0 spiro atoms. The molecule has 0 saturated carbocycles. The second-order valence-corrected chi connectivity index (χ2v) is 6.62. The van der Waals surface area contributed by atoms with Gasteiger partial charge in [0.2, 0.25) is 0 Å². The van der Waals surface area contributed by atoms with Crippen molar-refractivity contribution < 1.29 is 57.0 Å². The van der Waals surface area contributed by atoms with Crippen LogP contribution in [-0.4, -0.2) is 59.0 Å². The van der Waals surface area contributed by atoms with Gasteiger partial charge in [0.25, 0.3) is 11.8 Å². The molecule has 1 fully saturated rings. The molecule has 14 heteroatoms. The minimum atomic E-state index is -4.91. The first-order valence-electron chi connectivity index (χ1n) is 6.09. The number of rotatable bonds is 5. The maximum atomic E-state index is 12.2. The number of thiazole rings is 1. The van der Waals surface area contributed by atoms with Crippen molar-refractivity contribution in [1.29, 1.82) is 0 Å². The van der Waals surface area contributed by atoms with Gasteiger partial charge in [0.15, 0.2) is 21.1 Å². The summed E-state index contributed by atoms with van der Waals surface area (Å²) in [7, 11) is -3.70. The van der Waals surface area contributed by atoms with Crippen LogP contribution in [0, 0.1) is 0 Å². The molecule has 0 aliphatic carbocycles.